The van der Waals surface area contributed by atoms with Crippen molar-refractivity contribution in [2.45, 2.75) is 13.0 Å². The van der Waals surface area contributed by atoms with Gasteiger partial charge in [0.05, 0.1) is 0 Å². The van der Waals surface area contributed by atoms with Gasteiger partial charge in [-0.15, -0.1) is 0 Å². The van der Waals surface area contributed by atoms with Gasteiger partial charge in [-0.3, -0.25) is 9.59 Å². The molecular formula is C18H19N3O3. The minimum atomic E-state index is -0.172. The first kappa shape index (κ1) is 16.0. The highest BCUT2D eigenvalue weighted by molar-refractivity contribution is 5.97. The van der Waals surface area contributed by atoms with Crippen molar-refractivity contribution in [1.82, 2.24) is 14.8 Å². The molecule has 6 heteroatoms. The predicted molar refractivity (Wildman–Crippen MR) is 88.9 cm³/mol. The number of amides is 2. The molecule has 124 valence electrons. The molecule has 1 aromatic heterocycles. The summed E-state index contributed by atoms with van der Waals surface area (Å²) < 4.78 is 5.66. The first-order valence-corrected chi connectivity index (χ1v) is 7.78. The maximum Gasteiger partial charge on any atom is 0.254 e. The first-order chi connectivity index (χ1) is 11.5. The van der Waals surface area contributed by atoms with E-state index in [0.29, 0.717) is 23.7 Å². The number of pyridine rings is 1. The molecule has 1 fully saturated rings. The minimum Gasteiger partial charge on any atom is -0.439 e. The van der Waals surface area contributed by atoms with Crippen molar-refractivity contribution < 1.29 is 14.3 Å². The van der Waals surface area contributed by atoms with Crippen molar-refractivity contribution in [3.05, 3.63) is 54.2 Å². The van der Waals surface area contributed by atoms with E-state index in [1.54, 1.807) is 59.4 Å². The standard InChI is InChI=1S/C18H19N3O3/c1-13-11-21(12-17(22)20(13)2)18(23)14-6-5-7-15(10-14)24-16-8-3-4-9-19-16/h3-10,13H,11-12H2,1-2H3. The van der Waals surface area contributed by atoms with Crippen LogP contribution in [0.25, 0.3) is 0 Å². The summed E-state index contributed by atoms with van der Waals surface area (Å²) >= 11 is 0. The Labute approximate surface area is 140 Å². The Bertz CT molecular complexity index is 748. The fraction of sp³-hybridized carbons (Fsp3) is 0.278. The summed E-state index contributed by atoms with van der Waals surface area (Å²) in [6.07, 6.45) is 1.64. The van der Waals surface area contributed by atoms with E-state index in [9.17, 15) is 9.59 Å². The van der Waals surface area contributed by atoms with E-state index < -0.39 is 0 Å². The zero-order valence-electron chi connectivity index (χ0n) is 13.7. The van der Waals surface area contributed by atoms with E-state index in [1.165, 1.54) is 0 Å². The van der Waals surface area contributed by atoms with Crippen molar-refractivity contribution >= 4 is 11.8 Å². The molecule has 0 saturated carbocycles. The average Bonchev–Trinajstić information content (AvgIpc) is 2.59. The monoisotopic (exact) mass is 325 g/mol. The van der Waals surface area contributed by atoms with E-state index in [1.807, 2.05) is 13.0 Å². The lowest BCUT2D eigenvalue weighted by Gasteiger charge is -2.37. The third-order valence-electron chi connectivity index (χ3n) is 4.09. The number of hydrogen-bond acceptors (Lipinski definition) is 4. The Balaban J connectivity index is 1.76. The van der Waals surface area contributed by atoms with Crippen LogP contribution in [0.15, 0.2) is 48.7 Å². The highest BCUT2D eigenvalue weighted by Gasteiger charge is 2.30. The average molecular weight is 325 g/mol. The highest BCUT2D eigenvalue weighted by atomic mass is 16.5. The molecule has 1 unspecified atom stereocenters. The Hall–Kier alpha value is -2.89. The fourth-order valence-corrected chi connectivity index (χ4v) is 2.58. The first-order valence-electron chi connectivity index (χ1n) is 7.78. The molecule has 1 aliphatic rings. The third-order valence-corrected chi connectivity index (χ3v) is 4.09. The molecule has 0 aliphatic carbocycles. The lowest BCUT2D eigenvalue weighted by molar-refractivity contribution is -0.136. The molecule has 3 rings (SSSR count). The van der Waals surface area contributed by atoms with E-state index >= 15 is 0 Å². The van der Waals surface area contributed by atoms with Gasteiger partial charge >= 0.3 is 0 Å². The normalized spacial score (nSPS) is 17.8. The van der Waals surface area contributed by atoms with Gasteiger partial charge in [0.15, 0.2) is 0 Å². The Morgan fingerprint density at radius 1 is 1.25 bits per heavy atom. The third kappa shape index (κ3) is 3.37. The molecule has 0 N–H and O–H groups in total. The summed E-state index contributed by atoms with van der Waals surface area (Å²) in [5.41, 5.74) is 0.494. The molecule has 2 amide bonds. The largest absolute Gasteiger partial charge is 0.439 e. The number of benzene rings is 1. The summed E-state index contributed by atoms with van der Waals surface area (Å²) in [7, 11) is 1.76. The number of rotatable bonds is 3. The maximum absolute atomic E-state index is 12.7. The molecule has 0 spiro atoms. The van der Waals surface area contributed by atoms with Crippen LogP contribution in [0.4, 0.5) is 0 Å². The van der Waals surface area contributed by atoms with Crippen LogP contribution >= 0.6 is 0 Å². The van der Waals surface area contributed by atoms with Crippen molar-refractivity contribution in [3.63, 3.8) is 0 Å². The van der Waals surface area contributed by atoms with Gasteiger partial charge in [-0.25, -0.2) is 4.98 Å². The number of piperazine rings is 1. The molecule has 2 heterocycles. The Kier molecular flexibility index (Phi) is 4.46. The molecule has 6 nitrogen and oxygen atoms in total. The van der Waals surface area contributed by atoms with Crippen LogP contribution in [0.5, 0.6) is 11.6 Å². The lowest BCUT2D eigenvalue weighted by Crippen LogP contribution is -2.55. The number of ether oxygens (including phenoxy) is 1. The smallest absolute Gasteiger partial charge is 0.254 e. The van der Waals surface area contributed by atoms with Gasteiger partial charge in [-0.1, -0.05) is 12.1 Å². The minimum absolute atomic E-state index is 0.00292. The molecule has 24 heavy (non-hydrogen) atoms. The van der Waals surface area contributed by atoms with E-state index in [4.69, 9.17) is 4.74 Å². The molecule has 1 aliphatic heterocycles. The molecule has 2 aromatic rings. The molecule has 0 radical (unpaired) electrons. The molecule has 1 atom stereocenters. The van der Waals surface area contributed by atoms with Crippen LogP contribution in [-0.2, 0) is 4.79 Å². The van der Waals surface area contributed by atoms with Gasteiger partial charge in [0, 0.05) is 37.5 Å². The van der Waals surface area contributed by atoms with E-state index in [0.717, 1.165) is 0 Å². The Morgan fingerprint density at radius 2 is 2.08 bits per heavy atom. The maximum atomic E-state index is 12.7. The summed E-state index contributed by atoms with van der Waals surface area (Å²) in [6.45, 7) is 2.55. The SMILES string of the molecule is CC1CN(C(=O)c2cccc(Oc3ccccn3)c2)CC(=O)N1C. The zero-order valence-corrected chi connectivity index (χ0v) is 13.7. The van der Waals surface area contributed by atoms with Gasteiger partial charge in [0.2, 0.25) is 11.8 Å². The lowest BCUT2D eigenvalue weighted by atomic mass is 10.1. The number of carbonyl (C=O) groups excluding carboxylic acids is 2. The number of likely N-dealkylation sites (N-methyl/N-ethyl adjacent to an activating group) is 1. The van der Waals surface area contributed by atoms with E-state index in [-0.39, 0.29) is 24.4 Å². The summed E-state index contributed by atoms with van der Waals surface area (Å²) in [6, 6.07) is 12.3. The zero-order chi connectivity index (χ0) is 17.1. The van der Waals surface area contributed by atoms with Crippen LogP contribution in [0, 0.1) is 0 Å². The van der Waals surface area contributed by atoms with Gasteiger partial charge in [-0.05, 0) is 31.2 Å². The van der Waals surface area contributed by atoms with Crippen molar-refractivity contribution in [1.29, 1.82) is 0 Å². The Morgan fingerprint density at radius 3 is 2.79 bits per heavy atom. The van der Waals surface area contributed by atoms with Crippen molar-refractivity contribution in [3.8, 4) is 11.6 Å². The summed E-state index contributed by atoms with van der Waals surface area (Å²) in [5, 5.41) is 0. The summed E-state index contributed by atoms with van der Waals surface area (Å²) in [5.74, 6) is 0.774. The topological polar surface area (TPSA) is 62.7 Å². The molecule has 0 bridgehead atoms. The summed E-state index contributed by atoms with van der Waals surface area (Å²) in [4.78, 5) is 32.0. The number of carbonyl (C=O) groups is 2. The van der Waals surface area contributed by atoms with Crippen molar-refractivity contribution in [2.75, 3.05) is 20.1 Å². The second kappa shape index (κ2) is 6.70. The quantitative estimate of drug-likeness (QED) is 0.868. The predicted octanol–water partition coefficient (Wildman–Crippen LogP) is 2.18. The van der Waals surface area contributed by atoms with Gasteiger partial charge in [-0.2, -0.15) is 0 Å². The van der Waals surface area contributed by atoms with Gasteiger partial charge < -0.3 is 14.5 Å². The second-order valence-electron chi connectivity index (χ2n) is 5.84. The number of nitrogens with zero attached hydrogens (tertiary/aromatic N) is 3. The second-order valence-corrected chi connectivity index (χ2v) is 5.84. The van der Waals surface area contributed by atoms with E-state index in [2.05, 4.69) is 4.98 Å². The van der Waals surface area contributed by atoms with Crippen LogP contribution in [0.2, 0.25) is 0 Å². The van der Waals surface area contributed by atoms with Crippen molar-refractivity contribution in [2.24, 2.45) is 0 Å². The highest BCUT2D eigenvalue weighted by Crippen LogP contribution is 2.21. The van der Waals surface area contributed by atoms with Crippen LogP contribution in [0.1, 0.15) is 17.3 Å². The fourth-order valence-electron chi connectivity index (χ4n) is 2.58. The molecule has 1 saturated heterocycles. The van der Waals surface area contributed by atoms with Crippen LogP contribution in [0.3, 0.4) is 0 Å². The van der Waals surface area contributed by atoms with Gasteiger partial charge in [0.1, 0.15) is 12.3 Å². The van der Waals surface area contributed by atoms with Crippen LogP contribution in [-0.4, -0.2) is 52.8 Å². The van der Waals surface area contributed by atoms with Crippen LogP contribution < -0.4 is 4.74 Å². The molecule has 1 aromatic carbocycles. The van der Waals surface area contributed by atoms with Gasteiger partial charge in [0.25, 0.3) is 5.91 Å². The number of hydrogen-bond donors (Lipinski definition) is 0. The number of aromatic nitrogens is 1. The molecular weight excluding hydrogens is 306 g/mol.